The van der Waals surface area contributed by atoms with Crippen molar-refractivity contribution in [1.82, 2.24) is 14.5 Å². The van der Waals surface area contributed by atoms with Crippen molar-refractivity contribution in [1.29, 1.82) is 0 Å². The van der Waals surface area contributed by atoms with E-state index in [2.05, 4.69) is 29.3 Å². The number of benzene rings is 3. The Bertz CT molecular complexity index is 1470. The maximum absolute atomic E-state index is 13.7. The van der Waals surface area contributed by atoms with E-state index in [1.807, 2.05) is 42.5 Å². The number of fused-ring (bicyclic) bond motifs is 1. The van der Waals surface area contributed by atoms with E-state index in [4.69, 9.17) is 4.98 Å². The SMILES string of the molecule is CCc1cccc(NC(=O)Cn2c(-c3ccc(F)cc3)nc3c(c2=O)CCN(Cc2ccccc2)C3)c1. The van der Waals surface area contributed by atoms with Crippen LogP contribution in [0.4, 0.5) is 10.1 Å². The Kier molecular flexibility index (Phi) is 7.23. The molecule has 0 bridgehead atoms. The van der Waals surface area contributed by atoms with E-state index in [0.29, 0.717) is 41.3 Å². The van der Waals surface area contributed by atoms with E-state index >= 15 is 0 Å². The molecule has 0 unspecified atom stereocenters. The van der Waals surface area contributed by atoms with Crippen LogP contribution in [0.1, 0.15) is 29.3 Å². The van der Waals surface area contributed by atoms with Crippen molar-refractivity contribution >= 4 is 11.6 Å². The Hall–Kier alpha value is -4.10. The molecule has 0 saturated heterocycles. The van der Waals surface area contributed by atoms with Gasteiger partial charge in [0.15, 0.2) is 0 Å². The lowest BCUT2D eigenvalue weighted by molar-refractivity contribution is -0.116. The molecule has 4 aromatic rings. The van der Waals surface area contributed by atoms with E-state index in [-0.39, 0.29) is 23.8 Å². The molecule has 1 aliphatic heterocycles. The fourth-order valence-electron chi connectivity index (χ4n) is 4.74. The van der Waals surface area contributed by atoms with Crippen LogP contribution in [0, 0.1) is 5.82 Å². The van der Waals surface area contributed by atoms with Crippen molar-refractivity contribution in [2.45, 2.75) is 39.4 Å². The molecule has 6 nitrogen and oxygen atoms in total. The summed E-state index contributed by atoms with van der Waals surface area (Å²) in [6.45, 7) is 3.89. The third-order valence-electron chi connectivity index (χ3n) is 6.67. The summed E-state index contributed by atoms with van der Waals surface area (Å²) in [4.78, 5) is 33.8. The molecule has 188 valence electrons. The van der Waals surface area contributed by atoms with E-state index in [1.165, 1.54) is 22.3 Å². The number of halogens is 1. The molecule has 0 aliphatic carbocycles. The number of aryl methyl sites for hydroxylation is 1. The molecule has 37 heavy (non-hydrogen) atoms. The highest BCUT2D eigenvalue weighted by Crippen LogP contribution is 2.23. The molecule has 5 rings (SSSR count). The van der Waals surface area contributed by atoms with Gasteiger partial charge in [-0.2, -0.15) is 0 Å². The summed E-state index contributed by atoms with van der Waals surface area (Å²) >= 11 is 0. The van der Waals surface area contributed by atoms with Crippen LogP contribution in [0.5, 0.6) is 0 Å². The van der Waals surface area contributed by atoms with Crippen molar-refractivity contribution in [2.24, 2.45) is 0 Å². The van der Waals surface area contributed by atoms with Crippen molar-refractivity contribution in [2.75, 3.05) is 11.9 Å². The molecule has 0 atom stereocenters. The van der Waals surface area contributed by atoms with Gasteiger partial charge in [0.1, 0.15) is 18.2 Å². The second-order valence-electron chi connectivity index (χ2n) is 9.31. The molecule has 0 spiro atoms. The summed E-state index contributed by atoms with van der Waals surface area (Å²) in [6.07, 6.45) is 1.41. The van der Waals surface area contributed by atoms with Crippen molar-refractivity contribution in [3.8, 4) is 11.4 Å². The third kappa shape index (κ3) is 5.67. The number of hydrogen-bond donors (Lipinski definition) is 1. The summed E-state index contributed by atoms with van der Waals surface area (Å²) < 4.78 is 15.1. The maximum Gasteiger partial charge on any atom is 0.257 e. The topological polar surface area (TPSA) is 67.2 Å². The highest BCUT2D eigenvalue weighted by atomic mass is 19.1. The molecule has 1 aromatic heterocycles. The van der Waals surface area contributed by atoms with Crippen LogP contribution in [0.3, 0.4) is 0 Å². The Labute approximate surface area is 215 Å². The molecule has 0 fully saturated rings. The van der Waals surface area contributed by atoms with Crippen LogP contribution < -0.4 is 10.9 Å². The number of carbonyl (C=O) groups is 1. The third-order valence-corrected chi connectivity index (χ3v) is 6.67. The molecule has 3 aromatic carbocycles. The number of amides is 1. The number of nitrogens with zero attached hydrogens (tertiary/aromatic N) is 3. The number of carbonyl (C=O) groups excluding carboxylic acids is 1. The normalized spacial score (nSPS) is 13.2. The Morgan fingerprint density at radius 1 is 1.00 bits per heavy atom. The number of rotatable bonds is 7. The van der Waals surface area contributed by atoms with Gasteiger partial charge in [-0.3, -0.25) is 19.1 Å². The van der Waals surface area contributed by atoms with Gasteiger partial charge in [0.05, 0.1) is 5.69 Å². The zero-order chi connectivity index (χ0) is 25.8. The molecule has 2 heterocycles. The number of aromatic nitrogens is 2. The average Bonchev–Trinajstić information content (AvgIpc) is 2.91. The number of anilines is 1. The molecule has 1 aliphatic rings. The second kappa shape index (κ2) is 10.9. The maximum atomic E-state index is 13.7. The highest BCUT2D eigenvalue weighted by molar-refractivity contribution is 5.91. The minimum Gasteiger partial charge on any atom is -0.325 e. The van der Waals surface area contributed by atoms with E-state index in [0.717, 1.165) is 25.1 Å². The molecular weight excluding hydrogens is 467 g/mol. The monoisotopic (exact) mass is 496 g/mol. The molecule has 0 saturated carbocycles. The molecule has 1 amide bonds. The lowest BCUT2D eigenvalue weighted by Gasteiger charge is -2.29. The minimum absolute atomic E-state index is 0.185. The average molecular weight is 497 g/mol. The first-order valence-electron chi connectivity index (χ1n) is 12.5. The highest BCUT2D eigenvalue weighted by Gasteiger charge is 2.25. The summed E-state index contributed by atoms with van der Waals surface area (Å²) in [5, 5.41) is 2.90. The minimum atomic E-state index is -0.377. The Balaban J connectivity index is 1.47. The van der Waals surface area contributed by atoms with Crippen LogP contribution in [0.2, 0.25) is 0 Å². The first-order valence-corrected chi connectivity index (χ1v) is 12.5. The van der Waals surface area contributed by atoms with Crippen molar-refractivity contribution in [3.05, 3.63) is 117 Å². The van der Waals surface area contributed by atoms with Crippen LogP contribution in [0.25, 0.3) is 11.4 Å². The van der Waals surface area contributed by atoms with E-state index in [1.54, 1.807) is 12.1 Å². The second-order valence-corrected chi connectivity index (χ2v) is 9.31. The predicted octanol–water partition coefficient (Wildman–Crippen LogP) is 4.81. The fraction of sp³-hybridized carbons (Fsp3) is 0.233. The first-order chi connectivity index (χ1) is 18.0. The van der Waals surface area contributed by atoms with Crippen LogP contribution in [-0.2, 0) is 37.3 Å². The van der Waals surface area contributed by atoms with Gasteiger partial charge >= 0.3 is 0 Å². The predicted molar refractivity (Wildman–Crippen MR) is 143 cm³/mol. The van der Waals surface area contributed by atoms with Gasteiger partial charge in [0, 0.05) is 36.4 Å². The fourth-order valence-corrected chi connectivity index (χ4v) is 4.74. The van der Waals surface area contributed by atoms with Crippen molar-refractivity contribution < 1.29 is 9.18 Å². The number of nitrogens with one attached hydrogen (secondary N) is 1. The zero-order valence-electron chi connectivity index (χ0n) is 20.8. The lowest BCUT2D eigenvalue weighted by Crippen LogP contribution is -2.39. The van der Waals surface area contributed by atoms with Gasteiger partial charge < -0.3 is 5.32 Å². The molecular formula is C30H29FN4O2. The van der Waals surface area contributed by atoms with Gasteiger partial charge in [-0.1, -0.05) is 49.4 Å². The zero-order valence-corrected chi connectivity index (χ0v) is 20.8. The van der Waals surface area contributed by atoms with Gasteiger partial charge in [0.25, 0.3) is 5.56 Å². The standard InChI is InChI=1S/C30H29FN4O2/c1-2-21-9-6-10-25(17-21)32-28(36)20-35-29(23-11-13-24(31)14-12-23)33-27-19-34(16-15-26(27)30(35)37)18-22-7-4-3-5-8-22/h3-14,17H,2,15-16,18-20H2,1H3,(H,32,36). The van der Waals surface area contributed by atoms with Gasteiger partial charge in [-0.15, -0.1) is 0 Å². The van der Waals surface area contributed by atoms with Gasteiger partial charge in [0.2, 0.25) is 5.91 Å². The van der Waals surface area contributed by atoms with Crippen LogP contribution in [-0.4, -0.2) is 26.9 Å². The van der Waals surface area contributed by atoms with Crippen molar-refractivity contribution in [3.63, 3.8) is 0 Å². The van der Waals surface area contributed by atoms with Gasteiger partial charge in [-0.05, 0) is 60.4 Å². The Morgan fingerprint density at radius 2 is 1.76 bits per heavy atom. The summed E-state index contributed by atoms with van der Waals surface area (Å²) in [5.74, 6) is -0.331. The number of hydrogen-bond acceptors (Lipinski definition) is 4. The van der Waals surface area contributed by atoms with Crippen LogP contribution in [0.15, 0.2) is 83.7 Å². The smallest absolute Gasteiger partial charge is 0.257 e. The van der Waals surface area contributed by atoms with E-state index in [9.17, 15) is 14.0 Å². The lowest BCUT2D eigenvalue weighted by atomic mass is 10.0. The quantitative estimate of drug-likeness (QED) is 0.399. The molecule has 7 heteroatoms. The molecule has 1 N–H and O–H groups in total. The van der Waals surface area contributed by atoms with Crippen LogP contribution >= 0.6 is 0 Å². The Morgan fingerprint density at radius 3 is 2.51 bits per heavy atom. The molecule has 0 radical (unpaired) electrons. The van der Waals surface area contributed by atoms with E-state index < -0.39 is 0 Å². The van der Waals surface area contributed by atoms with Gasteiger partial charge in [-0.25, -0.2) is 9.37 Å². The largest absolute Gasteiger partial charge is 0.325 e. The first kappa shape index (κ1) is 24.6. The summed E-state index contributed by atoms with van der Waals surface area (Å²) in [6, 6.07) is 23.7. The summed E-state index contributed by atoms with van der Waals surface area (Å²) in [5.41, 5.74) is 4.70. The summed E-state index contributed by atoms with van der Waals surface area (Å²) in [7, 11) is 0.